The van der Waals surface area contributed by atoms with Crippen LogP contribution in [0.5, 0.6) is 0 Å². The van der Waals surface area contributed by atoms with Crippen LogP contribution in [0.15, 0.2) is 195 Å². The summed E-state index contributed by atoms with van der Waals surface area (Å²) < 4.78 is 0. The molecule has 0 aliphatic rings. The topological polar surface area (TPSA) is 51.6 Å². The Balaban J connectivity index is 1.59. The first-order valence-corrected chi connectivity index (χ1v) is 16.6. The molecule has 0 aliphatic carbocycles. The molecule has 0 radical (unpaired) electrons. The molecule has 4 heteroatoms. The number of hydrogen-bond donors (Lipinski definition) is 0. The van der Waals surface area contributed by atoms with Gasteiger partial charge in [-0.05, 0) is 126 Å². The largest absolute Gasteiger partial charge is 0.265 e. The Bertz CT molecular complexity index is 2060. The monoisotopic (exact) mass is 640 g/mol. The number of hydrogen-bond acceptors (Lipinski definition) is 4. The molecule has 0 amide bonds. The molecule has 0 saturated carbocycles. The fourth-order valence-corrected chi connectivity index (χ4v) is 6.77. The molecule has 0 atom stereocenters. The summed E-state index contributed by atoms with van der Waals surface area (Å²) >= 11 is 0. The van der Waals surface area contributed by atoms with Gasteiger partial charge in [-0.15, -0.1) is 0 Å². The van der Waals surface area contributed by atoms with Crippen molar-refractivity contribution >= 4 is 11.1 Å². The molecule has 4 heterocycles. The lowest BCUT2D eigenvalue weighted by molar-refractivity contribution is 1.32. The highest BCUT2D eigenvalue weighted by Crippen LogP contribution is 2.47. The fraction of sp³-hybridized carbons (Fsp3) is 0. The number of benzene rings is 4. The lowest BCUT2D eigenvalue weighted by Gasteiger charge is -2.25. The zero-order valence-electron chi connectivity index (χ0n) is 27.3. The quantitative estimate of drug-likeness (QED) is 0.155. The molecule has 4 aromatic carbocycles. The first-order valence-electron chi connectivity index (χ1n) is 16.6. The van der Waals surface area contributed by atoms with Gasteiger partial charge in [0.05, 0.1) is 0 Å². The summed E-state index contributed by atoms with van der Waals surface area (Å²) in [6, 6.07) is 51.5. The Kier molecular flexibility index (Phi) is 8.64. The van der Waals surface area contributed by atoms with Crippen LogP contribution in [0.25, 0.3) is 55.7 Å². The van der Waals surface area contributed by atoms with E-state index in [0.717, 1.165) is 77.9 Å². The number of nitrogens with zero attached hydrogens (tertiary/aromatic N) is 4. The molecule has 0 saturated heterocycles. The molecule has 4 nitrogen and oxygen atoms in total. The Morgan fingerprint density at radius 2 is 0.440 bits per heavy atom. The molecule has 50 heavy (non-hydrogen) atoms. The van der Waals surface area contributed by atoms with Crippen LogP contribution in [0, 0.1) is 0 Å². The maximum Gasteiger partial charge on any atom is 0.0273 e. The predicted molar refractivity (Wildman–Crippen MR) is 204 cm³/mol. The van der Waals surface area contributed by atoms with Gasteiger partial charge in [0.15, 0.2) is 0 Å². The third-order valence-corrected chi connectivity index (χ3v) is 9.00. The van der Waals surface area contributed by atoms with Gasteiger partial charge in [-0.1, -0.05) is 97.1 Å². The first-order chi connectivity index (χ1) is 24.9. The Morgan fingerprint density at radius 3 is 0.660 bits per heavy atom. The van der Waals surface area contributed by atoms with Crippen molar-refractivity contribution in [2.75, 3.05) is 0 Å². The van der Waals surface area contributed by atoms with E-state index in [4.69, 9.17) is 0 Å². The third kappa shape index (κ3) is 6.02. The van der Waals surface area contributed by atoms with E-state index in [2.05, 4.69) is 166 Å². The van der Waals surface area contributed by atoms with Crippen molar-refractivity contribution in [1.82, 2.24) is 19.9 Å². The number of pyridine rings is 4. The van der Waals surface area contributed by atoms with Gasteiger partial charge in [0.25, 0.3) is 0 Å². The van der Waals surface area contributed by atoms with Gasteiger partial charge in [-0.3, -0.25) is 19.9 Å². The number of rotatable bonds is 8. The van der Waals surface area contributed by atoms with Crippen LogP contribution in [-0.2, 0) is 0 Å². The van der Waals surface area contributed by atoms with Gasteiger partial charge in [0, 0.05) is 49.6 Å². The maximum absolute atomic E-state index is 4.35. The lowest BCUT2D eigenvalue weighted by Crippen LogP contribution is -2.03. The van der Waals surface area contributed by atoms with Crippen LogP contribution in [0.2, 0.25) is 0 Å². The van der Waals surface area contributed by atoms with Crippen molar-refractivity contribution in [3.63, 3.8) is 0 Å². The average Bonchev–Trinajstić information content (AvgIpc) is 3.21. The van der Waals surface area contributed by atoms with E-state index < -0.39 is 0 Å². The number of aromatic nitrogens is 4. The van der Waals surface area contributed by atoms with Crippen LogP contribution in [0.4, 0.5) is 0 Å². The van der Waals surface area contributed by atoms with Gasteiger partial charge < -0.3 is 0 Å². The summed E-state index contributed by atoms with van der Waals surface area (Å²) in [6.07, 6.45) is 14.9. The second-order valence-electron chi connectivity index (χ2n) is 11.9. The van der Waals surface area contributed by atoms with Gasteiger partial charge in [-0.2, -0.15) is 0 Å². The minimum Gasteiger partial charge on any atom is -0.265 e. The van der Waals surface area contributed by atoms with Crippen molar-refractivity contribution in [3.05, 3.63) is 217 Å². The summed E-state index contributed by atoms with van der Waals surface area (Å²) in [7, 11) is 0. The zero-order valence-corrected chi connectivity index (χ0v) is 27.3. The highest BCUT2D eigenvalue weighted by Gasteiger charge is 2.25. The Labute approximate surface area is 292 Å². The third-order valence-electron chi connectivity index (χ3n) is 9.00. The summed E-state index contributed by atoms with van der Waals surface area (Å²) in [5.41, 5.74) is 15.6. The van der Waals surface area contributed by atoms with Crippen molar-refractivity contribution in [2.45, 2.75) is 0 Å². The zero-order chi connectivity index (χ0) is 33.5. The Morgan fingerprint density at radius 1 is 0.240 bits per heavy atom. The molecule has 0 unspecified atom stereocenters. The summed E-state index contributed by atoms with van der Waals surface area (Å²) in [5, 5.41) is 0. The summed E-state index contributed by atoms with van der Waals surface area (Å²) in [6.45, 7) is 0. The van der Waals surface area contributed by atoms with E-state index in [1.165, 1.54) is 0 Å². The van der Waals surface area contributed by atoms with Crippen molar-refractivity contribution < 1.29 is 0 Å². The average molecular weight is 641 g/mol. The fourth-order valence-electron chi connectivity index (χ4n) is 6.77. The lowest BCUT2D eigenvalue weighted by atomic mass is 9.78. The van der Waals surface area contributed by atoms with E-state index in [1.54, 1.807) is 0 Å². The van der Waals surface area contributed by atoms with Crippen molar-refractivity contribution in [3.8, 4) is 44.5 Å². The van der Waals surface area contributed by atoms with Crippen LogP contribution in [0.3, 0.4) is 0 Å². The van der Waals surface area contributed by atoms with Crippen LogP contribution in [-0.4, -0.2) is 19.9 Å². The van der Waals surface area contributed by atoms with E-state index in [-0.39, 0.29) is 0 Å². The molecule has 0 spiro atoms. The SMILES string of the molecule is c1ccc(-c2ccncc2)c(C(=C(c2ccccc2-c2ccncc2)c2ccccc2-c2ccncc2)c2ccccc2-c2ccncc2)c1. The van der Waals surface area contributed by atoms with E-state index in [9.17, 15) is 0 Å². The highest BCUT2D eigenvalue weighted by atomic mass is 14.6. The molecule has 8 aromatic rings. The summed E-state index contributed by atoms with van der Waals surface area (Å²) in [4.78, 5) is 17.4. The molecule has 0 bridgehead atoms. The molecule has 0 N–H and O–H groups in total. The molecule has 4 aromatic heterocycles. The molecule has 8 rings (SSSR count). The van der Waals surface area contributed by atoms with Crippen molar-refractivity contribution in [2.24, 2.45) is 0 Å². The second-order valence-corrected chi connectivity index (χ2v) is 11.9. The van der Waals surface area contributed by atoms with E-state index in [1.807, 2.05) is 49.6 Å². The van der Waals surface area contributed by atoms with E-state index in [0.29, 0.717) is 0 Å². The van der Waals surface area contributed by atoms with Gasteiger partial charge in [0.1, 0.15) is 0 Å². The van der Waals surface area contributed by atoms with Gasteiger partial charge in [0.2, 0.25) is 0 Å². The first kappa shape index (κ1) is 30.5. The van der Waals surface area contributed by atoms with Crippen LogP contribution < -0.4 is 0 Å². The standard InChI is InChI=1S/C46H32N4/c1-5-13-41(37(9-1)33-17-25-47-26-18-33)45(42-14-6-2-10-38(42)34-19-27-48-28-20-34)46(43-15-7-3-11-39(43)35-21-29-49-30-22-35)44-16-8-4-12-40(44)36-23-31-50-32-24-36/h1-32H. The second kappa shape index (κ2) is 14.1. The minimum atomic E-state index is 1.10. The smallest absolute Gasteiger partial charge is 0.0273 e. The van der Waals surface area contributed by atoms with Crippen LogP contribution >= 0.6 is 0 Å². The Hall–Kier alpha value is -6.78. The molecular weight excluding hydrogens is 609 g/mol. The predicted octanol–water partition coefficient (Wildman–Crippen LogP) is 10.9. The maximum atomic E-state index is 4.35. The van der Waals surface area contributed by atoms with Gasteiger partial charge in [-0.25, -0.2) is 0 Å². The van der Waals surface area contributed by atoms with E-state index >= 15 is 0 Å². The molecule has 0 aliphatic heterocycles. The van der Waals surface area contributed by atoms with Crippen LogP contribution in [0.1, 0.15) is 22.3 Å². The molecule has 236 valence electrons. The molecular formula is C46H32N4. The minimum absolute atomic E-state index is 1.10. The van der Waals surface area contributed by atoms with Gasteiger partial charge >= 0.3 is 0 Å². The summed E-state index contributed by atoms with van der Waals surface area (Å²) in [5.74, 6) is 0. The normalized spacial score (nSPS) is 10.8. The van der Waals surface area contributed by atoms with Crippen molar-refractivity contribution in [1.29, 1.82) is 0 Å². The molecule has 0 fully saturated rings. The highest BCUT2D eigenvalue weighted by molar-refractivity contribution is 6.12.